The Kier molecular flexibility index (Phi) is 6.78. The van der Waals surface area contributed by atoms with Gasteiger partial charge in [0.05, 0.1) is 41.4 Å². The standard InChI is InChI=1S/C24H24F3N3O4/c1-15-20(16(2)34-29-15)14-33-19-5-3-4-17(12-19)23(31)28-21-13-18(24(25,26)27)6-7-22(21)30-8-10-32-11-9-30/h3-7,12-13H,8-11,14H2,1-2H3,(H,28,31). The first kappa shape index (κ1) is 23.6. The number of nitrogens with zero attached hydrogens (tertiary/aromatic N) is 2. The van der Waals surface area contributed by atoms with E-state index in [1.807, 2.05) is 4.90 Å². The van der Waals surface area contributed by atoms with Gasteiger partial charge in [-0.2, -0.15) is 13.2 Å². The monoisotopic (exact) mass is 475 g/mol. The molecule has 0 radical (unpaired) electrons. The summed E-state index contributed by atoms with van der Waals surface area (Å²) in [5.41, 5.74) is 1.54. The average molecular weight is 475 g/mol. The molecule has 1 aliphatic heterocycles. The van der Waals surface area contributed by atoms with Gasteiger partial charge >= 0.3 is 6.18 Å². The molecule has 0 atom stereocenters. The first-order chi connectivity index (χ1) is 16.2. The van der Waals surface area contributed by atoms with Crippen LogP contribution in [0.2, 0.25) is 0 Å². The maximum atomic E-state index is 13.3. The second kappa shape index (κ2) is 9.76. The molecule has 180 valence electrons. The lowest BCUT2D eigenvalue weighted by Crippen LogP contribution is -2.36. The molecule has 34 heavy (non-hydrogen) atoms. The highest BCUT2D eigenvalue weighted by Crippen LogP contribution is 2.36. The largest absolute Gasteiger partial charge is 0.489 e. The van der Waals surface area contributed by atoms with Crippen LogP contribution in [-0.4, -0.2) is 37.4 Å². The van der Waals surface area contributed by atoms with Crippen LogP contribution in [0.25, 0.3) is 0 Å². The normalized spacial score (nSPS) is 14.2. The topological polar surface area (TPSA) is 76.8 Å². The van der Waals surface area contributed by atoms with Crippen molar-refractivity contribution < 1.29 is 32.0 Å². The van der Waals surface area contributed by atoms with Crippen molar-refractivity contribution >= 4 is 17.3 Å². The fourth-order valence-electron chi connectivity index (χ4n) is 3.68. The molecule has 7 nitrogen and oxygen atoms in total. The SMILES string of the molecule is Cc1noc(C)c1COc1cccc(C(=O)Nc2cc(C(F)(F)F)ccc2N2CCOCC2)c1. The summed E-state index contributed by atoms with van der Waals surface area (Å²) in [4.78, 5) is 14.9. The van der Waals surface area contributed by atoms with Crippen LogP contribution in [0.5, 0.6) is 5.75 Å². The first-order valence-electron chi connectivity index (χ1n) is 10.7. The van der Waals surface area contributed by atoms with Gasteiger partial charge in [-0.25, -0.2) is 0 Å². The minimum atomic E-state index is -4.53. The first-order valence-corrected chi connectivity index (χ1v) is 10.7. The van der Waals surface area contributed by atoms with Crippen molar-refractivity contribution in [3.63, 3.8) is 0 Å². The van der Waals surface area contributed by atoms with Crippen molar-refractivity contribution in [1.29, 1.82) is 0 Å². The number of carbonyl (C=O) groups is 1. The van der Waals surface area contributed by atoms with Crippen molar-refractivity contribution in [3.05, 3.63) is 70.6 Å². The number of alkyl halides is 3. The van der Waals surface area contributed by atoms with Gasteiger partial charge in [0.2, 0.25) is 0 Å². The third-order valence-corrected chi connectivity index (χ3v) is 5.58. The molecule has 1 fully saturated rings. The highest BCUT2D eigenvalue weighted by atomic mass is 19.4. The second-order valence-electron chi connectivity index (χ2n) is 7.90. The Morgan fingerprint density at radius 2 is 1.91 bits per heavy atom. The van der Waals surface area contributed by atoms with Crippen molar-refractivity contribution in [2.45, 2.75) is 26.6 Å². The molecule has 1 amide bonds. The number of rotatable bonds is 6. The molecule has 1 saturated heterocycles. The van der Waals surface area contributed by atoms with Crippen LogP contribution in [0.3, 0.4) is 0 Å². The third-order valence-electron chi connectivity index (χ3n) is 5.58. The van der Waals surface area contributed by atoms with Gasteiger partial charge in [-0.1, -0.05) is 11.2 Å². The summed E-state index contributed by atoms with van der Waals surface area (Å²) in [6, 6.07) is 9.80. The Balaban J connectivity index is 1.55. The molecule has 3 aromatic rings. The van der Waals surface area contributed by atoms with Gasteiger partial charge in [0.25, 0.3) is 5.91 Å². The molecule has 1 aliphatic rings. The summed E-state index contributed by atoms with van der Waals surface area (Å²) in [5, 5.41) is 6.53. The fraction of sp³-hybridized carbons (Fsp3) is 0.333. The molecule has 0 unspecified atom stereocenters. The zero-order valence-electron chi connectivity index (χ0n) is 18.7. The quantitative estimate of drug-likeness (QED) is 0.542. The fourth-order valence-corrected chi connectivity index (χ4v) is 3.68. The van der Waals surface area contributed by atoms with Crippen molar-refractivity contribution in [3.8, 4) is 5.75 Å². The molecule has 2 aromatic carbocycles. The smallest absolute Gasteiger partial charge is 0.416 e. The van der Waals surface area contributed by atoms with Crippen LogP contribution in [0.15, 0.2) is 47.0 Å². The number of amides is 1. The predicted molar refractivity (Wildman–Crippen MR) is 119 cm³/mol. The summed E-state index contributed by atoms with van der Waals surface area (Å²) >= 11 is 0. The molecule has 0 spiro atoms. The summed E-state index contributed by atoms with van der Waals surface area (Å²) < 4.78 is 56.3. The summed E-state index contributed by atoms with van der Waals surface area (Å²) in [5.74, 6) is 0.535. The number of aryl methyl sites for hydroxylation is 2. The van der Waals surface area contributed by atoms with Crippen LogP contribution < -0.4 is 15.0 Å². The van der Waals surface area contributed by atoms with Gasteiger partial charge in [0.1, 0.15) is 18.1 Å². The number of benzene rings is 2. The second-order valence-corrected chi connectivity index (χ2v) is 7.90. The molecule has 0 aliphatic carbocycles. The molecule has 0 bridgehead atoms. The summed E-state index contributed by atoms with van der Waals surface area (Å²) in [6.45, 7) is 5.74. The van der Waals surface area contributed by atoms with E-state index in [1.54, 1.807) is 32.0 Å². The van der Waals surface area contributed by atoms with Crippen LogP contribution in [0.1, 0.15) is 32.9 Å². The van der Waals surface area contributed by atoms with E-state index in [0.717, 1.165) is 17.7 Å². The number of ether oxygens (including phenoxy) is 2. The Morgan fingerprint density at radius 1 is 1.15 bits per heavy atom. The Bertz CT molecular complexity index is 1150. The number of nitrogens with one attached hydrogen (secondary N) is 1. The molecule has 4 rings (SSSR count). The summed E-state index contributed by atoms with van der Waals surface area (Å²) in [7, 11) is 0. The molecule has 2 heterocycles. The van der Waals surface area contributed by atoms with Crippen molar-refractivity contribution in [2.75, 3.05) is 36.5 Å². The number of hydrogen-bond donors (Lipinski definition) is 1. The zero-order valence-corrected chi connectivity index (χ0v) is 18.7. The molecular formula is C24H24F3N3O4. The van der Waals surface area contributed by atoms with E-state index in [0.29, 0.717) is 49.2 Å². The Labute approximate surface area is 194 Å². The molecular weight excluding hydrogens is 451 g/mol. The van der Waals surface area contributed by atoms with Gasteiger partial charge in [-0.05, 0) is 50.2 Å². The lowest BCUT2D eigenvalue weighted by atomic mass is 10.1. The number of hydrogen-bond acceptors (Lipinski definition) is 6. The number of anilines is 2. The number of morpholine rings is 1. The van der Waals surface area contributed by atoms with E-state index in [2.05, 4.69) is 10.5 Å². The number of carbonyl (C=O) groups excluding carboxylic acids is 1. The van der Waals surface area contributed by atoms with Gasteiger partial charge in [-0.15, -0.1) is 0 Å². The minimum absolute atomic E-state index is 0.0868. The molecule has 1 N–H and O–H groups in total. The number of halogens is 3. The van der Waals surface area contributed by atoms with Crippen molar-refractivity contribution in [2.24, 2.45) is 0 Å². The van der Waals surface area contributed by atoms with Crippen LogP contribution in [-0.2, 0) is 17.5 Å². The molecule has 0 saturated carbocycles. The average Bonchev–Trinajstić information content (AvgIpc) is 3.15. The maximum Gasteiger partial charge on any atom is 0.416 e. The predicted octanol–water partition coefficient (Wildman–Crippen LogP) is 4.98. The maximum absolute atomic E-state index is 13.3. The van der Waals surface area contributed by atoms with Crippen LogP contribution in [0.4, 0.5) is 24.5 Å². The minimum Gasteiger partial charge on any atom is -0.489 e. The van der Waals surface area contributed by atoms with Crippen LogP contribution in [0, 0.1) is 13.8 Å². The number of aromatic nitrogens is 1. The van der Waals surface area contributed by atoms with Gasteiger partial charge < -0.3 is 24.2 Å². The van der Waals surface area contributed by atoms with Gasteiger partial charge in [0, 0.05) is 18.7 Å². The zero-order chi connectivity index (χ0) is 24.3. The highest BCUT2D eigenvalue weighted by Gasteiger charge is 2.32. The highest BCUT2D eigenvalue weighted by molar-refractivity contribution is 6.06. The van der Waals surface area contributed by atoms with Crippen LogP contribution >= 0.6 is 0 Å². The van der Waals surface area contributed by atoms with E-state index in [1.165, 1.54) is 12.1 Å². The van der Waals surface area contributed by atoms with E-state index < -0.39 is 17.6 Å². The molecule has 1 aromatic heterocycles. The van der Waals surface area contributed by atoms with Gasteiger partial charge in [0.15, 0.2) is 0 Å². The lowest BCUT2D eigenvalue weighted by Gasteiger charge is -2.31. The van der Waals surface area contributed by atoms with E-state index >= 15 is 0 Å². The van der Waals surface area contributed by atoms with E-state index in [4.69, 9.17) is 14.0 Å². The van der Waals surface area contributed by atoms with E-state index in [-0.39, 0.29) is 17.9 Å². The summed E-state index contributed by atoms with van der Waals surface area (Å²) in [6.07, 6.45) is -4.53. The van der Waals surface area contributed by atoms with E-state index in [9.17, 15) is 18.0 Å². The molecule has 10 heteroatoms. The Hall–Kier alpha value is -3.53. The van der Waals surface area contributed by atoms with Crippen molar-refractivity contribution in [1.82, 2.24) is 5.16 Å². The van der Waals surface area contributed by atoms with Gasteiger partial charge in [-0.3, -0.25) is 4.79 Å². The third kappa shape index (κ3) is 5.33. The Morgan fingerprint density at radius 3 is 2.59 bits per heavy atom. The lowest BCUT2D eigenvalue weighted by molar-refractivity contribution is -0.137.